The predicted molar refractivity (Wildman–Crippen MR) is 98.5 cm³/mol. The van der Waals surface area contributed by atoms with Crippen LogP contribution < -0.4 is 4.74 Å². The Balaban J connectivity index is 1.53. The molecule has 8 nitrogen and oxygen atoms in total. The summed E-state index contributed by atoms with van der Waals surface area (Å²) in [5.74, 6) is 2.43. The molecule has 1 aromatic heterocycles. The Labute approximate surface area is 158 Å². The van der Waals surface area contributed by atoms with E-state index in [-0.39, 0.29) is 18.1 Å². The molecule has 2 aliphatic heterocycles. The lowest BCUT2D eigenvalue weighted by molar-refractivity contribution is 0.0704. The molecule has 27 heavy (non-hydrogen) atoms. The summed E-state index contributed by atoms with van der Waals surface area (Å²) in [5, 5.41) is 18.6. The van der Waals surface area contributed by atoms with Gasteiger partial charge in [-0.25, -0.2) is 0 Å². The Morgan fingerprint density at radius 3 is 2.78 bits per heavy atom. The van der Waals surface area contributed by atoms with E-state index in [2.05, 4.69) is 19.7 Å². The van der Waals surface area contributed by atoms with E-state index in [0.29, 0.717) is 38.2 Å². The first-order valence-electron chi connectivity index (χ1n) is 9.22. The summed E-state index contributed by atoms with van der Waals surface area (Å²) in [5.41, 5.74) is 1.58. The summed E-state index contributed by atoms with van der Waals surface area (Å²) in [6, 6.07) is 5.58. The molecule has 0 radical (unpaired) electrons. The maximum absolute atomic E-state index is 13.0. The van der Waals surface area contributed by atoms with Crippen LogP contribution in [0.2, 0.25) is 0 Å². The van der Waals surface area contributed by atoms with Crippen molar-refractivity contribution in [2.24, 2.45) is 0 Å². The van der Waals surface area contributed by atoms with Gasteiger partial charge >= 0.3 is 0 Å². The van der Waals surface area contributed by atoms with Gasteiger partial charge in [-0.1, -0.05) is 0 Å². The second-order valence-corrected chi connectivity index (χ2v) is 7.38. The van der Waals surface area contributed by atoms with Crippen LogP contribution in [0.15, 0.2) is 18.2 Å². The van der Waals surface area contributed by atoms with Gasteiger partial charge in [0.25, 0.3) is 5.91 Å². The van der Waals surface area contributed by atoms with Gasteiger partial charge in [-0.05, 0) is 44.2 Å². The topological polar surface area (TPSA) is 83.7 Å². The first-order valence-corrected chi connectivity index (χ1v) is 9.22. The molecule has 0 spiro atoms. The number of ether oxygens (including phenoxy) is 1. The SMILES string of the molecule is COc1ccc(C(=O)N2CCn3c(nnc3[C@@H]3C[C@@H](O)CN3C)C2)c(C)c1. The van der Waals surface area contributed by atoms with Gasteiger partial charge < -0.3 is 19.3 Å². The molecule has 144 valence electrons. The number of amides is 1. The van der Waals surface area contributed by atoms with Crippen LogP contribution in [-0.2, 0) is 13.1 Å². The van der Waals surface area contributed by atoms with Crippen molar-refractivity contribution < 1.29 is 14.6 Å². The molecule has 1 amide bonds. The van der Waals surface area contributed by atoms with Crippen molar-refractivity contribution >= 4 is 5.91 Å². The minimum Gasteiger partial charge on any atom is -0.497 e. The van der Waals surface area contributed by atoms with E-state index in [1.54, 1.807) is 7.11 Å². The zero-order valence-corrected chi connectivity index (χ0v) is 15.9. The number of benzene rings is 1. The average Bonchev–Trinajstić information content (AvgIpc) is 3.22. The fraction of sp³-hybridized carbons (Fsp3) is 0.526. The van der Waals surface area contributed by atoms with Gasteiger partial charge in [0.1, 0.15) is 5.75 Å². The largest absolute Gasteiger partial charge is 0.497 e. The van der Waals surface area contributed by atoms with Gasteiger partial charge in [-0.3, -0.25) is 9.69 Å². The van der Waals surface area contributed by atoms with Crippen molar-refractivity contribution in [2.45, 2.75) is 38.6 Å². The highest BCUT2D eigenvalue weighted by Crippen LogP contribution is 2.31. The number of likely N-dealkylation sites (N-methyl/N-ethyl adjacent to an activating group) is 1. The standard InChI is InChI=1S/C19H25N5O3/c1-12-8-14(27-3)4-5-15(12)19(26)23-6-7-24-17(11-23)20-21-18(24)16-9-13(25)10-22(16)2/h4-5,8,13,16,25H,6-7,9-11H2,1-3H3/t13-,16+/m1/s1. The molecule has 3 heterocycles. The molecule has 1 aromatic carbocycles. The molecule has 1 fully saturated rings. The number of methoxy groups -OCH3 is 1. The van der Waals surface area contributed by atoms with E-state index in [9.17, 15) is 9.90 Å². The maximum Gasteiger partial charge on any atom is 0.254 e. The Hall–Kier alpha value is -2.45. The van der Waals surface area contributed by atoms with Crippen molar-refractivity contribution in [1.82, 2.24) is 24.6 Å². The van der Waals surface area contributed by atoms with Crippen molar-refractivity contribution in [3.63, 3.8) is 0 Å². The van der Waals surface area contributed by atoms with Crippen molar-refractivity contribution in [2.75, 3.05) is 27.2 Å². The number of rotatable bonds is 3. The first kappa shape index (κ1) is 17.9. The number of fused-ring (bicyclic) bond motifs is 1. The van der Waals surface area contributed by atoms with Crippen LogP contribution >= 0.6 is 0 Å². The molecule has 8 heteroatoms. The number of aryl methyl sites for hydroxylation is 1. The number of aliphatic hydroxyl groups is 1. The summed E-state index contributed by atoms with van der Waals surface area (Å²) >= 11 is 0. The molecule has 0 saturated carbocycles. The Morgan fingerprint density at radius 1 is 1.30 bits per heavy atom. The quantitative estimate of drug-likeness (QED) is 0.866. The highest BCUT2D eigenvalue weighted by atomic mass is 16.5. The Bertz CT molecular complexity index is 865. The number of aromatic nitrogens is 3. The number of hydrogen-bond acceptors (Lipinski definition) is 6. The van der Waals surface area contributed by atoms with E-state index >= 15 is 0 Å². The second-order valence-electron chi connectivity index (χ2n) is 7.38. The number of carbonyl (C=O) groups excluding carboxylic acids is 1. The highest BCUT2D eigenvalue weighted by molar-refractivity contribution is 5.95. The smallest absolute Gasteiger partial charge is 0.254 e. The number of likely N-dealkylation sites (tertiary alicyclic amines) is 1. The van der Waals surface area contributed by atoms with Crippen LogP contribution in [-0.4, -0.2) is 68.9 Å². The summed E-state index contributed by atoms with van der Waals surface area (Å²) < 4.78 is 7.32. The molecule has 4 rings (SSSR count). The summed E-state index contributed by atoms with van der Waals surface area (Å²) in [6.45, 7) is 4.28. The normalized spacial score (nSPS) is 22.7. The number of β-amino-alcohol motifs (C(OH)–C–C–N with tert-alkyl or cyclic N) is 1. The van der Waals surface area contributed by atoms with E-state index < -0.39 is 0 Å². The number of carbonyl (C=O) groups is 1. The Kier molecular flexibility index (Phi) is 4.61. The van der Waals surface area contributed by atoms with Crippen molar-refractivity contribution in [1.29, 1.82) is 0 Å². The maximum atomic E-state index is 13.0. The van der Waals surface area contributed by atoms with E-state index in [1.807, 2.05) is 37.1 Å². The van der Waals surface area contributed by atoms with E-state index in [1.165, 1.54) is 0 Å². The van der Waals surface area contributed by atoms with Crippen LogP contribution in [0.3, 0.4) is 0 Å². The van der Waals surface area contributed by atoms with E-state index in [4.69, 9.17) is 4.74 Å². The average molecular weight is 371 g/mol. The van der Waals surface area contributed by atoms with Crippen LogP contribution in [0, 0.1) is 6.92 Å². The molecule has 0 aliphatic carbocycles. The molecule has 0 bridgehead atoms. The summed E-state index contributed by atoms with van der Waals surface area (Å²) in [4.78, 5) is 16.9. The van der Waals surface area contributed by atoms with Crippen LogP contribution in [0.5, 0.6) is 5.75 Å². The minimum absolute atomic E-state index is 0.000593. The molecular formula is C19H25N5O3. The van der Waals surface area contributed by atoms with E-state index in [0.717, 1.165) is 23.0 Å². The molecule has 1 N–H and O–H groups in total. The summed E-state index contributed by atoms with van der Waals surface area (Å²) in [7, 11) is 3.61. The van der Waals surface area contributed by atoms with Crippen LogP contribution in [0.1, 0.15) is 40.0 Å². The lowest BCUT2D eigenvalue weighted by Gasteiger charge is -2.29. The van der Waals surface area contributed by atoms with Gasteiger partial charge in [0.05, 0.1) is 25.8 Å². The van der Waals surface area contributed by atoms with Gasteiger partial charge in [0.2, 0.25) is 0 Å². The lowest BCUT2D eigenvalue weighted by Crippen LogP contribution is -2.39. The third-order valence-electron chi connectivity index (χ3n) is 5.56. The lowest BCUT2D eigenvalue weighted by atomic mass is 10.1. The van der Waals surface area contributed by atoms with Gasteiger partial charge in [-0.15, -0.1) is 10.2 Å². The molecular weight excluding hydrogens is 346 g/mol. The number of aliphatic hydroxyl groups excluding tert-OH is 1. The molecule has 2 aromatic rings. The zero-order chi connectivity index (χ0) is 19.1. The molecule has 0 unspecified atom stereocenters. The fourth-order valence-electron chi connectivity index (χ4n) is 4.05. The summed E-state index contributed by atoms with van der Waals surface area (Å²) in [6.07, 6.45) is 0.343. The first-order chi connectivity index (χ1) is 13.0. The van der Waals surface area contributed by atoms with Gasteiger partial charge in [0.15, 0.2) is 11.6 Å². The third-order valence-corrected chi connectivity index (χ3v) is 5.56. The molecule has 1 saturated heterocycles. The zero-order valence-electron chi connectivity index (χ0n) is 15.9. The fourth-order valence-corrected chi connectivity index (χ4v) is 4.05. The monoisotopic (exact) mass is 371 g/mol. The van der Waals surface area contributed by atoms with Crippen molar-refractivity contribution in [3.8, 4) is 5.75 Å². The van der Waals surface area contributed by atoms with Gasteiger partial charge in [-0.2, -0.15) is 0 Å². The number of nitrogens with zero attached hydrogens (tertiary/aromatic N) is 5. The second kappa shape index (κ2) is 6.94. The third kappa shape index (κ3) is 3.19. The number of hydrogen-bond donors (Lipinski definition) is 1. The Morgan fingerprint density at radius 2 is 2.11 bits per heavy atom. The highest BCUT2D eigenvalue weighted by Gasteiger charge is 2.35. The molecule has 2 atom stereocenters. The minimum atomic E-state index is -0.326. The van der Waals surface area contributed by atoms with Crippen LogP contribution in [0.25, 0.3) is 0 Å². The predicted octanol–water partition coefficient (Wildman–Crippen LogP) is 0.989. The van der Waals surface area contributed by atoms with Gasteiger partial charge in [0, 0.05) is 25.2 Å². The molecule has 2 aliphatic rings. The van der Waals surface area contributed by atoms with Crippen molar-refractivity contribution in [3.05, 3.63) is 41.0 Å². The van der Waals surface area contributed by atoms with Crippen LogP contribution in [0.4, 0.5) is 0 Å².